The largest absolute Gasteiger partial charge is 0.507 e. The van der Waals surface area contributed by atoms with E-state index in [4.69, 9.17) is 18.9 Å². The first-order chi connectivity index (χ1) is 17.7. The summed E-state index contributed by atoms with van der Waals surface area (Å²) in [5.74, 6) is 0.689. The summed E-state index contributed by atoms with van der Waals surface area (Å²) in [6.45, 7) is 7.20. The topological polar surface area (TPSA) is 94.5 Å². The zero-order valence-electron chi connectivity index (χ0n) is 22.1. The smallest absolute Gasteiger partial charge is 0.295 e. The highest BCUT2D eigenvalue weighted by atomic mass is 16.5. The number of amides is 1. The third-order valence-corrected chi connectivity index (χ3v) is 6.70. The molecule has 37 heavy (non-hydrogen) atoms. The van der Waals surface area contributed by atoms with E-state index < -0.39 is 17.7 Å². The number of aliphatic hydroxyl groups excluding tert-OH is 1. The number of methoxy groups -OCH3 is 2. The van der Waals surface area contributed by atoms with Gasteiger partial charge in [0.1, 0.15) is 17.6 Å². The molecule has 4 rings (SSSR count). The molecule has 0 aromatic heterocycles. The zero-order chi connectivity index (χ0) is 26.7. The number of nitrogens with zero attached hydrogens (tertiary/aromatic N) is 1. The van der Waals surface area contributed by atoms with E-state index in [1.165, 1.54) is 12.0 Å². The molecule has 1 saturated heterocycles. The van der Waals surface area contributed by atoms with Crippen molar-refractivity contribution in [3.63, 3.8) is 0 Å². The van der Waals surface area contributed by atoms with Gasteiger partial charge in [0.05, 0.1) is 31.9 Å². The van der Waals surface area contributed by atoms with Crippen LogP contribution in [-0.4, -0.2) is 61.8 Å². The standard InChI is InChI=1S/C29H35NO7/c1-17(2)10-12-36-23-9-6-19(16-24(23)35-5)26-25(28(32)29(33)30(26)11-13-34-4)27(31)20-7-8-22-21(15-20)14-18(3)37-22/h6-9,15-18,26,31H,10-14H2,1-5H3/b27-25+. The zero-order valence-corrected chi connectivity index (χ0v) is 22.1. The maximum absolute atomic E-state index is 13.3. The number of hydrogen-bond acceptors (Lipinski definition) is 7. The summed E-state index contributed by atoms with van der Waals surface area (Å²) in [6, 6.07) is 9.84. The van der Waals surface area contributed by atoms with Gasteiger partial charge in [0.2, 0.25) is 0 Å². The van der Waals surface area contributed by atoms with E-state index in [0.717, 1.165) is 17.7 Å². The second-order valence-electron chi connectivity index (χ2n) is 9.88. The van der Waals surface area contributed by atoms with Gasteiger partial charge < -0.3 is 29.0 Å². The van der Waals surface area contributed by atoms with Crippen molar-refractivity contribution in [2.75, 3.05) is 34.0 Å². The SMILES string of the molecule is COCCN1C(=O)C(=O)/C(=C(/O)c2ccc3c(c2)CC(C)O3)C1c1ccc(OCCC(C)C)c(OC)c1. The average Bonchev–Trinajstić information content (AvgIpc) is 3.37. The maximum Gasteiger partial charge on any atom is 0.295 e. The maximum atomic E-state index is 13.3. The normalized spacial score (nSPS) is 20.3. The van der Waals surface area contributed by atoms with Crippen LogP contribution in [-0.2, 0) is 20.7 Å². The molecule has 0 saturated carbocycles. The lowest BCUT2D eigenvalue weighted by Gasteiger charge is -2.25. The molecule has 1 fully saturated rings. The molecule has 2 atom stereocenters. The fraction of sp³-hybridized carbons (Fsp3) is 0.448. The molecule has 0 aliphatic carbocycles. The molecular weight excluding hydrogens is 474 g/mol. The highest BCUT2D eigenvalue weighted by molar-refractivity contribution is 6.46. The van der Waals surface area contributed by atoms with Gasteiger partial charge >= 0.3 is 0 Å². The molecule has 198 valence electrons. The Morgan fingerprint density at radius 2 is 1.89 bits per heavy atom. The Morgan fingerprint density at radius 1 is 1.11 bits per heavy atom. The number of carbonyl (C=O) groups excluding carboxylic acids is 2. The van der Waals surface area contributed by atoms with Crippen molar-refractivity contribution in [3.8, 4) is 17.2 Å². The summed E-state index contributed by atoms with van der Waals surface area (Å²) < 4.78 is 22.5. The van der Waals surface area contributed by atoms with Gasteiger partial charge in [-0.2, -0.15) is 0 Å². The second-order valence-corrected chi connectivity index (χ2v) is 9.88. The molecule has 2 aliphatic heterocycles. The van der Waals surface area contributed by atoms with E-state index in [1.54, 1.807) is 37.4 Å². The number of aliphatic hydroxyl groups is 1. The van der Waals surface area contributed by atoms with Gasteiger partial charge in [-0.15, -0.1) is 0 Å². The predicted octanol–water partition coefficient (Wildman–Crippen LogP) is 4.51. The van der Waals surface area contributed by atoms with Gasteiger partial charge in [-0.1, -0.05) is 19.9 Å². The minimum atomic E-state index is -0.808. The first kappa shape index (κ1) is 26.5. The minimum Gasteiger partial charge on any atom is -0.507 e. The fourth-order valence-electron chi connectivity index (χ4n) is 4.75. The van der Waals surface area contributed by atoms with Crippen LogP contribution in [0, 0.1) is 5.92 Å². The molecule has 8 nitrogen and oxygen atoms in total. The lowest BCUT2D eigenvalue weighted by molar-refractivity contribution is -0.140. The Kier molecular flexibility index (Phi) is 8.07. The van der Waals surface area contributed by atoms with E-state index >= 15 is 0 Å². The van der Waals surface area contributed by atoms with Crippen molar-refractivity contribution in [1.29, 1.82) is 0 Å². The number of ether oxygens (including phenoxy) is 4. The molecule has 2 aliphatic rings. The third-order valence-electron chi connectivity index (χ3n) is 6.70. The molecule has 1 N–H and O–H groups in total. The third kappa shape index (κ3) is 5.44. The first-order valence-electron chi connectivity index (χ1n) is 12.6. The lowest BCUT2D eigenvalue weighted by atomic mass is 9.94. The molecule has 2 heterocycles. The number of rotatable bonds is 10. The summed E-state index contributed by atoms with van der Waals surface area (Å²) in [4.78, 5) is 27.8. The Morgan fingerprint density at radius 3 is 2.59 bits per heavy atom. The van der Waals surface area contributed by atoms with Crippen LogP contribution in [0.3, 0.4) is 0 Å². The van der Waals surface area contributed by atoms with Gasteiger partial charge in [0.25, 0.3) is 11.7 Å². The van der Waals surface area contributed by atoms with Crippen LogP contribution < -0.4 is 14.2 Å². The van der Waals surface area contributed by atoms with Crippen LogP contribution in [0.2, 0.25) is 0 Å². The van der Waals surface area contributed by atoms with Crippen molar-refractivity contribution in [2.45, 2.75) is 45.8 Å². The molecule has 0 spiro atoms. The number of hydrogen-bond donors (Lipinski definition) is 1. The van der Waals surface area contributed by atoms with Crippen molar-refractivity contribution < 1.29 is 33.6 Å². The molecule has 0 bridgehead atoms. The van der Waals surface area contributed by atoms with Crippen molar-refractivity contribution >= 4 is 17.4 Å². The summed E-state index contributed by atoms with van der Waals surface area (Å²) in [5, 5.41) is 11.4. The molecule has 1 amide bonds. The Bertz CT molecular complexity index is 1200. The second kappa shape index (κ2) is 11.3. The minimum absolute atomic E-state index is 0.0311. The van der Waals surface area contributed by atoms with Crippen LogP contribution in [0.5, 0.6) is 17.2 Å². The van der Waals surface area contributed by atoms with E-state index in [0.29, 0.717) is 41.6 Å². The molecule has 2 aromatic rings. The number of ketones is 1. The van der Waals surface area contributed by atoms with Gasteiger partial charge in [0, 0.05) is 25.6 Å². The van der Waals surface area contributed by atoms with E-state index in [1.807, 2.05) is 13.0 Å². The van der Waals surface area contributed by atoms with Crippen molar-refractivity contribution in [1.82, 2.24) is 4.90 Å². The predicted molar refractivity (Wildman–Crippen MR) is 139 cm³/mol. The van der Waals surface area contributed by atoms with Crippen LogP contribution >= 0.6 is 0 Å². The number of benzene rings is 2. The van der Waals surface area contributed by atoms with Gasteiger partial charge in [-0.3, -0.25) is 9.59 Å². The number of likely N-dealkylation sites (tertiary alicyclic amines) is 1. The van der Waals surface area contributed by atoms with Gasteiger partial charge in [-0.05, 0) is 60.7 Å². The average molecular weight is 510 g/mol. The molecule has 8 heteroatoms. The Hall–Kier alpha value is -3.52. The molecular formula is C29H35NO7. The highest BCUT2D eigenvalue weighted by Crippen LogP contribution is 2.42. The van der Waals surface area contributed by atoms with E-state index in [9.17, 15) is 14.7 Å². The van der Waals surface area contributed by atoms with Crippen molar-refractivity contribution in [2.24, 2.45) is 5.92 Å². The lowest BCUT2D eigenvalue weighted by Crippen LogP contribution is -2.32. The van der Waals surface area contributed by atoms with Crippen LogP contribution in [0.25, 0.3) is 5.76 Å². The van der Waals surface area contributed by atoms with E-state index in [2.05, 4.69) is 13.8 Å². The summed E-state index contributed by atoms with van der Waals surface area (Å²) in [5.41, 5.74) is 2.07. The highest BCUT2D eigenvalue weighted by Gasteiger charge is 2.46. The summed E-state index contributed by atoms with van der Waals surface area (Å²) >= 11 is 0. The van der Waals surface area contributed by atoms with Gasteiger partial charge in [-0.25, -0.2) is 0 Å². The number of Topliss-reactive ketones (excluding diaryl/α,β-unsaturated/α-hetero) is 1. The van der Waals surface area contributed by atoms with Crippen LogP contribution in [0.15, 0.2) is 42.0 Å². The number of fused-ring (bicyclic) bond motifs is 1. The summed E-state index contributed by atoms with van der Waals surface area (Å²) in [7, 11) is 3.08. The Labute approximate surface area is 217 Å². The van der Waals surface area contributed by atoms with Crippen molar-refractivity contribution in [3.05, 3.63) is 58.7 Å². The molecule has 0 radical (unpaired) electrons. The van der Waals surface area contributed by atoms with Crippen LogP contribution in [0.1, 0.15) is 49.9 Å². The van der Waals surface area contributed by atoms with Crippen LogP contribution in [0.4, 0.5) is 0 Å². The Balaban J connectivity index is 1.76. The molecule has 2 aromatic carbocycles. The molecule has 2 unspecified atom stereocenters. The summed E-state index contributed by atoms with van der Waals surface area (Å²) in [6.07, 6.45) is 1.64. The first-order valence-corrected chi connectivity index (χ1v) is 12.6. The van der Waals surface area contributed by atoms with Gasteiger partial charge in [0.15, 0.2) is 11.5 Å². The number of carbonyl (C=O) groups is 2. The van der Waals surface area contributed by atoms with E-state index in [-0.39, 0.29) is 30.6 Å². The quantitative estimate of drug-likeness (QED) is 0.286. The fourth-order valence-corrected chi connectivity index (χ4v) is 4.75. The monoisotopic (exact) mass is 509 g/mol.